The number of anilines is 1. The molecule has 7 nitrogen and oxygen atoms in total. The molecule has 3 N–H and O–H groups in total. The van der Waals surface area contributed by atoms with Crippen molar-refractivity contribution in [1.29, 1.82) is 0 Å². The third-order valence-electron chi connectivity index (χ3n) is 3.99. The summed E-state index contributed by atoms with van der Waals surface area (Å²) in [6.45, 7) is 1.15. The fourth-order valence-electron chi connectivity index (χ4n) is 2.75. The van der Waals surface area contributed by atoms with Crippen LogP contribution in [0, 0.1) is 0 Å². The molecule has 1 aromatic carbocycles. The molecule has 0 saturated carbocycles. The average molecular weight is 317 g/mol. The van der Waals surface area contributed by atoms with Gasteiger partial charge >= 0.3 is 0 Å². The van der Waals surface area contributed by atoms with E-state index in [0.717, 1.165) is 19.4 Å². The Balaban J connectivity index is 1.59. The molecule has 7 heteroatoms. The molecule has 122 valence electrons. The number of fused-ring (bicyclic) bond motifs is 1. The summed E-state index contributed by atoms with van der Waals surface area (Å²) >= 11 is 0. The van der Waals surface area contributed by atoms with E-state index in [4.69, 9.17) is 4.74 Å². The molecular weight excluding hydrogens is 298 g/mol. The van der Waals surface area contributed by atoms with Crippen molar-refractivity contribution in [2.75, 3.05) is 18.5 Å². The van der Waals surface area contributed by atoms with Crippen LogP contribution < -0.4 is 16.0 Å². The SMILES string of the molecule is O=C(CC1NC(=O)c2ccccc2NC1=O)NCC1CCCO1. The maximum Gasteiger partial charge on any atom is 0.254 e. The Morgan fingerprint density at radius 1 is 1.30 bits per heavy atom. The van der Waals surface area contributed by atoms with Crippen molar-refractivity contribution in [3.8, 4) is 0 Å². The maximum absolute atomic E-state index is 12.2. The first-order chi connectivity index (χ1) is 11.1. The minimum atomic E-state index is -0.889. The second-order valence-electron chi connectivity index (χ2n) is 5.70. The summed E-state index contributed by atoms with van der Waals surface area (Å²) in [7, 11) is 0. The second kappa shape index (κ2) is 6.78. The number of ether oxygens (including phenoxy) is 1. The number of nitrogens with one attached hydrogen (secondary N) is 3. The third-order valence-corrected chi connectivity index (χ3v) is 3.99. The molecule has 23 heavy (non-hydrogen) atoms. The number of hydrogen-bond acceptors (Lipinski definition) is 4. The van der Waals surface area contributed by atoms with Crippen molar-refractivity contribution in [3.63, 3.8) is 0 Å². The third kappa shape index (κ3) is 3.68. The van der Waals surface area contributed by atoms with Crippen LogP contribution in [-0.4, -0.2) is 43.0 Å². The lowest BCUT2D eigenvalue weighted by atomic mass is 10.1. The lowest BCUT2D eigenvalue weighted by Gasteiger charge is -2.15. The van der Waals surface area contributed by atoms with Gasteiger partial charge in [0.25, 0.3) is 5.91 Å². The van der Waals surface area contributed by atoms with E-state index in [1.54, 1.807) is 24.3 Å². The van der Waals surface area contributed by atoms with Crippen molar-refractivity contribution in [2.24, 2.45) is 0 Å². The van der Waals surface area contributed by atoms with Gasteiger partial charge in [0, 0.05) is 13.2 Å². The molecule has 3 amide bonds. The van der Waals surface area contributed by atoms with Crippen LogP contribution in [0.25, 0.3) is 0 Å². The molecule has 0 aromatic heterocycles. The Labute approximate surface area is 133 Å². The molecule has 2 atom stereocenters. The predicted octanol–water partition coefficient (Wildman–Crippen LogP) is 0.422. The van der Waals surface area contributed by atoms with Gasteiger partial charge in [0.05, 0.1) is 23.8 Å². The van der Waals surface area contributed by atoms with E-state index in [1.165, 1.54) is 0 Å². The van der Waals surface area contributed by atoms with Crippen LogP contribution in [0.2, 0.25) is 0 Å². The summed E-state index contributed by atoms with van der Waals surface area (Å²) in [6.07, 6.45) is 1.87. The van der Waals surface area contributed by atoms with E-state index in [9.17, 15) is 14.4 Å². The zero-order valence-corrected chi connectivity index (χ0v) is 12.6. The largest absolute Gasteiger partial charge is 0.376 e. The number of rotatable bonds is 4. The lowest BCUT2D eigenvalue weighted by Crippen LogP contribution is -2.45. The van der Waals surface area contributed by atoms with E-state index >= 15 is 0 Å². The van der Waals surface area contributed by atoms with Gasteiger partial charge in [-0.25, -0.2) is 0 Å². The number of benzene rings is 1. The summed E-state index contributed by atoms with van der Waals surface area (Å²) in [5.41, 5.74) is 0.848. The molecule has 2 heterocycles. The highest BCUT2D eigenvalue weighted by atomic mass is 16.5. The van der Waals surface area contributed by atoms with E-state index in [0.29, 0.717) is 17.8 Å². The van der Waals surface area contributed by atoms with Crippen molar-refractivity contribution in [3.05, 3.63) is 29.8 Å². The molecule has 1 fully saturated rings. The van der Waals surface area contributed by atoms with Gasteiger partial charge in [-0.05, 0) is 25.0 Å². The second-order valence-corrected chi connectivity index (χ2v) is 5.70. The molecule has 0 spiro atoms. The number of carbonyl (C=O) groups excluding carboxylic acids is 3. The lowest BCUT2D eigenvalue weighted by molar-refractivity contribution is -0.126. The molecule has 0 radical (unpaired) electrons. The zero-order chi connectivity index (χ0) is 16.2. The predicted molar refractivity (Wildman–Crippen MR) is 82.9 cm³/mol. The molecule has 2 aliphatic heterocycles. The average Bonchev–Trinajstić information content (AvgIpc) is 3.02. The molecule has 0 aliphatic carbocycles. The monoisotopic (exact) mass is 317 g/mol. The Hall–Kier alpha value is -2.41. The molecular formula is C16H19N3O4. The molecule has 3 rings (SSSR count). The number of amides is 3. The van der Waals surface area contributed by atoms with Crippen LogP contribution >= 0.6 is 0 Å². The van der Waals surface area contributed by atoms with Gasteiger partial charge in [-0.15, -0.1) is 0 Å². The smallest absolute Gasteiger partial charge is 0.254 e. The highest BCUT2D eigenvalue weighted by Crippen LogP contribution is 2.18. The van der Waals surface area contributed by atoms with Gasteiger partial charge in [0.1, 0.15) is 6.04 Å². The Bertz CT molecular complexity index is 626. The maximum atomic E-state index is 12.2. The van der Waals surface area contributed by atoms with E-state index in [1.807, 2.05) is 0 Å². The number of carbonyl (C=O) groups is 3. The summed E-state index contributed by atoms with van der Waals surface area (Å²) < 4.78 is 5.43. The van der Waals surface area contributed by atoms with Gasteiger partial charge in [0.2, 0.25) is 11.8 Å². The van der Waals surface area contributed by atoms with Crippen LogP contribution in [0.3, 0.4) is 0 Å². The van der Waals surface area contributed by atoms with E-state index < -0.39 is 11.9 Å². The summed E-state index contributed by atoms with van der Waals surface area (Å²) in [4.78, 5) is 36.4. The van der Waals surface area contributed by atoms with Gasteiger partial charge in [-0.2, -0.15) is 0 Å². The number of hydrogen-bond donors (Lipinski definition) is 3. The van der Waals surface area contributed by atoms with Gasteiger partial charge < -0.3 is 20.7 Å². The molecule has 1 saturated heterocycles. The quantitative estimate of drug-likeness (QED) is 0.750. The van der Waals surface area contributed by atoms with Crippen LogP contribution in [-0.2, 0) is 14.3 Å². The van der Waals surface area contributed by atoms with Crippen LogP contribution in [0.5, 0.6) is 0 Å². The van der Waals surface area contributed by atoms with Crippen LogP contribution in [0.1, 0.15) is 29.6 Å². The summed E-state index contributed by atoms with van der Waals surface area (Å²) in [5, 5.41) is 8.03. The number of para-hydroxylation sites is 1. The molecule has 2 unspecified atom stereocenters. The molecule has 0 bridgehead atoms. The first-order valence-electron chi connectivity index (χ1n) is 7.72. The van der Waals surface area contributed by atoms with Crippen molar-refractivity contribution < 1.29 is 19.1 Å². The van der Waals surface area contributed by atoms with Gasteiger partial charge in [0.15, 0.2) is 0 Å². The van der Waals surface area contributed by atoms with Gasteiger partial charge in [-0.1, -0.05) is 12.1 Å². The topological polar surface area (TPSA) is 96.5 Å². The first-order valence-corrected chi connectivity index (χ1v) is 7.72. The normalized spacial score (nSPS) is 23.5. The molecule has 1 aromatic rings. The fourth-order valence-corrected chi connectivity index (χ4v) is 2.75. The van der Waals surface area contributed by atoms with E-state index in [2.05, 4.69) is 16.0 Å². The van der Waals surface area contributed by atoms with Gasteiger partial charge in [-0.3, -0.25) is 14.4 Å². The minimum Gasteiger partial charge on any atom is -0.376 e. The van der Waals surface area contributed by atoms with Crippen molar-refractivity contribution >= 4 is 23.4 Å². The summed E-state index contributed by atoms with van der Waals surface area (Å²) in [5.74, 6) is -1.04. The Kier molecular flexibility index (Phi) is 4.57. The standard InChI is InChI=1S/C16H19N3O4/c20-14(17-9-10-4-3-7-23-10)8-13-16(22)18-12-6-2-1-5-11(12)15(21)19-13/h1-2,5-6,10,13H,3-4,7-9H2,(H,17,20)(H,18,22)(H,19,21). The van der Waals surface area contributed by atoms with Crippen molar-refractivity contribution in [1.82, 2.24) is 10.6 Å². The Morgan fingerprint density at radius 3 is 2.91 bits per heavy atom. The van der Waals surface area contributed by atoms with Crippen molar-refractivity contribution in [2.45, 2.75) is 31.4 Å². The van der Waals surface area contributed by atoms with Crippen LogP contribution in [0.15, 0.2) is 24.3 Å². The first kappa shape index (κ1) is 15.5. The molecule has 2 aliphatic rings. The van der Waals surface area contributed by atoms with E-state index in [-0.39, 0.29) is 24.3 Å². The minimum absolute atomic E-state index is 0.0424. The Morgan fingerprint density at radius 2 is 2.13 bits per heavy atom. The summed E-state index contributed by atoms with van der Waals surface area (Å²) in [6, 6.07) is 5.86. The zero-order valence-electron chi connectivity index (χ0n) is 12.6. The highest BCUT2D eigenvalue weighted by Gasteiger charge is 2.29. The highest BCUT2D eigenvalue weighted by molar-refractivity contribution is 6.10. The van der Waals surface area contributed by atoms with Crippen LogP contribution in [0.4, 0.5) is 5.69 Å². The fraction of sp³-hybridized carbons (Fsp3) is 0.438.